The highest BCUT2D eigenvalue weighted by atomic mass is 16.7. The van der Waals surface area contributed by atoms with Crippen LogP contribution in [-0.2, 0) is 9.47 Å². The first-order chi connectivity index (χ1) is 4.75. The minimum atomic E-state index is -0.682. The number of aliphatic hydroxyl groups is 1. The van der Waals surface area contributed by atoms with Crippen LogP contribution in [-0.4, -0.2) is 37.3 Å². The molecule has 0 aromatic carbocycles. The molecule has 1 aliphatic heterocycles. The van der Waals surface area contributed by atoms with Crippen molar-refractivity contribution in [3.63, 3.8) is 0 Å². The molecule has 1 heterocycles. The summed E-state index contributed by atoms with van der Waals surface area (Å²) in [5, 5.41) is 9.26. The smallest absolute Gasteiger partial charge is 0.184 e. The highest BCUT2D eigenvalue weighted by Crippen LogP contribution is 2.12. The maximum Gasteiger partial charge on any atom is 0.184 e. The van der Waals surface area contributed by atoms with Crippen molar-refractivity contribution in [1.82, 2.24) is 0 Å². The van der Waals surface area contributed by atoms with E-state index in [0.29, 0.717) is 13.0 Å². The van der Waals surface area contributed by atoms with Gasteiger partial charge in [0.05, 0.1) is 6.61 Å². The van der Waals surface area contributed by atoms with Crippen LogP contribution in [0.15, 0.2) is 0 Å². The summed E-state index contributed by atoms with van der Waals surface area (Å²) in [6.07, 6.45) is -0.524. The molecule has 0 radical (unpaired) electrons. The van der Waals surface area contributed by atoms with Crippen molar-refractivity contribution in [2.45, 2.75) is 24.9 Å². The van der Waals surface area contributed by atoms with Gasteiger partial charge in [-0.3, -0.25) is 0 Å². The van der Waals surface area contributed by atoms with Gasteiger partial charge in [-0.25, -0.2) is 0 Å². The summed E-state index contributed by atoms with van der Waals surface area (Å²) in [5.74, 6) is 0. The van der Waals surface area contributed by atoms with Crippen LogP contribution in [0.2, 0.25) is 0 Å². The maximum absolute atomic E-state index is 9.26. The van der Waals surface area contributed by atoms with Crippen molar-refractivity contribution in [3.05, 3.63) is 0 Å². The van der Waals surface area contributed by atoms with Crippen LogP contribution >= 0.6 is 0 Å². The van der Waals surface area contributed by atoms with Gasteiger partial charge in [-0.05, 0) is 6.42 Å². The standard InChI is InChI=1S/C6H13NO3/c1-9-6-5(8)4(7)2-3-10-6/h4-6,8H,2-3,7H2,1H3/t4-,5-,6-/m1/s1. The lowest BCUT2D eigenvalue weighted by Gasteiger charge is -2.31. The van der Waals surface area contributed by atoms with Gasteiger partial charge in [0.2, 0.25) is 0 Å². The summed E-state index contributed by atoms with van der Waals surface area (Å²) >= 11 is 0. The minimum Gasteiger partial charge on any atom is -0.386 e. The predicted molar refractivity (Wildman–Crippen MR) is 35.3 cm³/mol. The number of hydrogen-bond acceptors (Lipinski definition) is 4. The molecule has 0 saturated carbocycles. The van der Waals surface area contributed by atoms with E-state index in [2.05, 4.69) is 0 Å². The van der Waals surface area contributed by atoms with Crippen molar-refractivity contribution >= 4 is 0 Å². The topological polar surface area (TPSA) is 64.7 Å². The van der Waals surface area contributed by atoms with Gasteiger partial charge in [0.25, 0.3) is 0 Å². The van der Waals surface area contributed by atoms with Crippen molar-refractivity contribution in [2.24, 2.45) is 5.73 Å². The average Bonchev–Trinajstić information content (AvgIpc) is 1.95. The molecule has 0 spiro atoms. The molecule has 3 atom stereocenters. The van der Waals surface area contributed by atoms with E-state index in [1.54, 1.807) is 0 Å². The molecule has 0 amide bonds. The fourth-order valence-electron chi connectivity index (χ4n) is 0.999. The van der Waals surface area contributed by atoms with Crippen molar-refractivity contribution < 1.29 is 14.6 Å². The average molecular weight is 147 g/mol. The molecular weight excluding hydrogens is 134 g/mol. The van der Waals surface area contributed by atoms with E-state index in [4.69, 9.17) is 15.2 Å². The largest absolute Gasteiger partial charge is 0.386 e. The fraction of sp³-hybridized carbons (Fsp3) is 1.00. The molecule has 1 saturated heterocycles. The molecule has 4 heteroatoms. The third-order valence-corrected chi connectivity index (χ3v) is 1.68. The minimum absolute atomic E-state index is 0.210. The van der Waals surface area contributed by atoms with Gasteiger partial charge in [-0.2, -0.15) is 0 Å². The second kappa shape index (κ2) is 3.30. The summed E-state index contributed by atoms with van der Waals surface area (Å²) in [4.78, 5) is 0. The van der Waals surface area contributed by atoms with Crippen LogP contribution < -0.4 is 5.73 Å². The first-order valence-corrected chi connectivity index (χ1v) is 3.33. The molecular formula is C6H13NO3. The first-order valence-electron chi connectivity index (χ1n) is 3.33. The molecule has 0 aliphatic carbocycles. The Morgan fingerprint density at radius 3 is 2.90 bits per heavy atom. The Morgan fingerprint density at radius 1 is 1.70 bits per heavy atom. The first kappa shape index (κ1) is 7.94. The van der Waals surface area contributed by atoms with Gasteiger partial charge in [0.15, 0.2) is 6.29 Å². The van der Waals surface area contributed by atoms with Gasteiger partial charge >= 0.3 is 0 Å². The molecule has 0 unspecified atom stereocenters. The molecule has 1 fully saturated rings. The normalized spacial score (nSPS) is 41.7. The highest BCUT2D eigenvalue weighted by Gasteiger charge is 2.29. The lowest BCUT2D eigenvalue weighted by atomic mass is 10.1. The number of ether oxygens (including phenoxy) is 2. The fourth-order valence-corrected chi connectivity index (χ4v) is 0.999. The Bertz CT molecular complexity index is 109. The van der Waals surface area contributed by atoms with Crippen LogP contribution in [0, 0.1) is 0 Å². The van der Waals surface area contributed by atoms with Crippen LogP contribution in [0.3, 0.4) is 0 Å². The summed E-state index contributed by atoms with van der Waals surface area (Å²) in [7, 11) is 1.49. The van der Waals surface area contributed by atoms with Gasteiger partial charge < -0.3 is 20.3 Å². The predicted octanol–water partition coefficient (Wildman–Crippen LogP) is -0.933. The van der Waals surface area contributed by atoms with E-state index >= 15 is 0 Å². The summed E-state index contributed by atoms with van der Waals surface area (Å²) in [6, 6.07) is -0.210. The van der Waals surface area contributed by atoms with Crippen LogP contribution in [0.5, 0.6) is 0 Å². The Morgan fingerprint density at radius 2 is 2.40 bits per heavy atom. The molecule has 3 N–H and O–H groups in total. The second-order valence-corrected chi connectivity index (χ2v) is 2.42. The molecule has 0 aromatic rings. The van der Waals surface area contributed by atoms with Crippen molar-refractivity contribution in [3.8, 4) is 0 Å². The van der Waals surface area contributed by atoms with Gasteiger partial charge in [-0.15, -0.1) is 0 Å². The van der Waals surface area contributed by atoms with Crippen LogP contribution in [0.4, 0.5) is 0 Å². The molecule has 4 nitrogen and oxygen atoms in total. The molecule has 10 heavy (non-hydrogen) atoms. The number of hydrogen-bond donors (Lipinski definition) is 2. The Kier molecular flexibility index (Phi) is 2.62. The van der Waals surface area contributed by atoms with E-state index in [-0.39, 0.29) is 6.04 Å². The van der Waals surface area contributed by atoms with Gasteiger partial charge in [-0.1, -0.05) is 0 Å². The summed E-state index contributed by atoms with van der Waals surface area (Å²) in [6.45, 7) is 0.566. The van der Waals surface area contributed by atoms with Crippen molar-refractivity contribution in [2.75, 3.05) is 13.7 Å². The zero-order valence-electron chi connectivity index (χ0n) is 5.99. The van der Waals surface area contributed by atoms with Crippen LogP contribution in [0.1, 0.15) is 6.42 Å². The molecule has 0 bridgehead atoms. The quantitative estimate of drug-likeness (QED) is 0.503. The highest BCUT2D eigenvalue weighted by molar-refractivity contribution is 4.78. The molecule has 1 aliphatic rings. The monoisotopic (exact) mass is 147 g/mol. The molecule has 60 valence electrons. The second-order valence-electron chi connectivity index (χ2n) is 2.42. The number of nitrogens with two attached hydrogens (primary N) is 1. The molecule has 1 rings (SSSR count). The third-order valence-electron chi connectivity index (χ3n) is 1.68. The van der Waals surface area contributed by atoms with Crippen LogP contribution in [0.25, 0.3) is 0 Å². The summed E-state index contributed by atoms with van der Waals surface area (Å²) < 4.78 is 9.88. The van der Waals surface area contributed by atoms with E-state index in [1.807, 2.05) is 0 Å². The van der Waals surface area contributed by atoms with Crippen molar-refractivity contribution in [1.29, 1.82) is 0 Å². The van der Waals surface area contributed by atoms with Gasteiger partial charge in [0, 0.05) is 13.2 Å². The number of rotatable bonds is 1. The van der Waals surface area contributed by atoms with E-state index < -0.39 is 12.4 Å². The lowest BCUT2D eigenvalue weighted by Crippen LogP contribution is -2.49. The van der Waals surface area contributed by atoms with E-state index in [9.17, 15) is 5.11 Å². The zero-order chi connectivity index (χ0) is 7.56. The number of aliphatic hydroxyl groups excluding tert-OH is 1. The van der Waals surface area contributed by atoms with Gasteiger partial charge in [0.1, 0.15) is 6.10 Å². The lowest BCUT2D eigenvalue weighted by molar-refractivity contribution is -0.206. The Balaban J connectivity index is 2.42. The number of methoxy groups -OCH3 is 1. The summed E-state index contributed by atoms with van der Waals surface area (Å²) in [5.41, 5.74) is 5.53. The Hall–Kier alpha value is -0.160. The van der Waals surface area contributed by atoms with E-state index in [0.717, 1.165) is 0 Å². The van der Waals surface area contributed by atoms with E-state index in [1.165, 1.54) is 7.11 Å². The third kappa shape index (κ3) is 1.46. The molecule has 0 aromatic heterocycles. The maximum atomic E-state index is 9.26. The SMILES string of the molecule is CO[C@@H]1OCC[C@@H](N)[C@H]1O. The Labute approximate surface area is 59.9 Å². The zero-order valence-corrected chi connectivity index (χ0v) is 5.99.